The molecule has 1 aliphatic heterocycles. The summed E-state index contributed by atoms with van der Waals surface area (Å²) in [4.78, 5) is 22.1. The molecule has 4 aromatic rings. The smallest absolute Gasteiger partial charge is 0.244 e. The van der Waals surface area contributed by atoms with Gasteiger partial charge in [-0.15, -0.1) is 0 Å². The molecule has 1 amide bonds. The normalized spacial score (nSPS) is 14.4. The van der Waals surface area contributed by atoms with Crippen LogP contribution in [0.4, 0.5) is 0 Å². The molecule has 0 unspecified atom stereocenters. The molecule has 7 heteroatoms. The third kappa shape index (κ3) is 4.91. The van der Waals surface area contributed by atoms with Crippen molar-refractivity contribution in [3.05, 3.63) is 77.6 Å². The number of aromatic nitrogens is 3. The second kappa shape index (κ2) is 9.88. The number of nitrogens with zero attached hydrogens (tertiary/aromatic N) is 5. The summed E-state index contributed by atoms with van der Waals surface area (Å²) in [5.74, 6) is 0.954. The lowest BCUT2D eigenvalue weighted by Crippen LogP contribution is -2.49. The van der Waals surface area contributed by atoms with Gasteiger partial charge in [0.05, 0.1) is 12.8 Å². The first kappa shape index (κ1) is 23.1. The summed E-state index contributed by atoms with van der Waals surface area (Å²) in [5.41, 5.74) is 6.31. The van der Waals surface area contributed by atoms with Gasteiger partial charge in [-0.05, 0) is 48.7 Å². The van der Waals surface area contributed by atoms with Crippen molar-refractivity contribution in [3.63, 3.8) is 0 Å². The highest BCUT2D eigenvalue weighted by Crippen LogP contribution is 2.30. The Morgan fingerprint density at radius 2 is 1.77 bits per heavy atom. The number of carbonyl (C=O) groups is 1. The number of carbonyl (C=O) groups excluding carboxylic acids is 1. The molecule has 3 heterocycles. The molecule has 0 spiro atoms. The molecule has 1 aliphatic rings. The zero-order chi connectivity index (χ0) is 24.4. The van der Waals surface area contributed by atoms with Gasteiger partial charge >= 0.3 is 0 Å². The van der Waals surface area contributed by atoms with E-state index in [0.717, 1.165) is 53.2 Å². The van der Waals surface area contributed by atoms with E-state index in [2.05, 4.69) is 53.2 Å². The van der Waals surface area contributed by atoms with Gasteiger partial charge in [0.15, 0.2) is 5.65 Å². The Kier molecular flexibility index (Phi) is 6.51. The van der Waals surface area contributed by atoms with Gasteiger partial charge in [0, 0.05) is 44.3 Å². The van der Waals surface area contributed by atoms with Crippen LogP contribution in [0, 0.1) is 13.8 Å². The highest BCUT2D eigenvalue weighted by molar-refractivity contribution is 5.95. The van der Waals surface area contributed by atoms with E-state index in [-0.39, 0.29) is 12.5 Å². The fourth-order valence-electron chi connectivity index (χ4n) is 4.78. The number of hydrogen-bond donors (Lipinski definition) is 0. The topological polar surface area (TPSA) is 63.5 Å². The molecule has 0 atom stereocenters. The molecule has 0 bridgehead atoms. The van der Waals surface area contributed by atoms with Crippen LogP contribution in [0.5, 0.6) is 5.75 Å². The second-order valence-electron chi connectivity index (χ2n) is 9.17. The van der Waals surface area contributed by atoms with Crippen LogP contribution in [-0.2, 0) is 17.9 Å². The Morgan fingerprint density at radius 3 is 2.51 bits per heavy atom. The minimum atomic E-state index is 0.0815. The minimum Gasteiger partial charge on any atom is -0.497 e. The van der Waals surface area contributed by atoms with Crippen LogP contribution in [-0.4, -0.2) is 63.8 Å². The van der Waals surface area contributed by atoms with Crippen LogP contribution in [0.25, 0.3) is 22.2 Å². The maximum atomic E-state index is 13.2. The maximum Gasteiger partial charge on any atom is 0.244 e. The number of hydrogen-bond acceptors (Lipinski definition) is 5. The quantitative estimate of drug-likeness (QED) is 0.426. The van der Waals surface area contributed by atoms with E-state index in [9.17, 15) is 4.79 Å². The van der Waals surface area contributed by atoms with Crippen LogP contribution in [0.15, 0.2) is 60.8 Å². The number of rotatable bonds is 6. The van der Waals surface area contributed by atoms with Gasteiger partial charge in [0.1, 0.15) is 12.3 Å². The molecule has 5 rings (SSSR count). The van der Waals surface area contributed by atoms with Gasteiger partial charge in [-0.1, -0.05) is 42.0 Å². The van der Waals surface area contributed by atoms with Crippen molar-refractivity contribution in [1.82, 2.24) is 24.6 Å². The molecule has 0 N–H and O–H groups in total. The third-order valence-electron chi connectivity index (χ3n) is 6.72. The van der Waals surface area contributed by atoms with Crippen LogP contribution in [0.2, 0.25) is 0 Å². The monoisotopic (exact) mass is 469 g/mol. The predicted molar refractivity (Wildman–Crippen MR) is 137 cm³/mol. The zero-order valence-electron chi connectivity index (χ0n) is 20.6. The number of fused-ring (bicyclic) bond motifs is 1. The van der Waals surface area contributed by atoms with Crippen LogP contribution >= 0.6 is 0 Å². The number of piperazine rings is 1. The van der Waals surface area contributed by atoms with Crippen molar-refractivity contribution in [2.45, 2.75) is 26.9 Å². The van der Waals surface area contributed by atoms with Gasteiger partial charge < -0.3 is 9.64 Å². The molecular weight excluding hydrogens is 438 g/mol. The summed E-state index contributed by atoms with van der Waals surface area (Å²) >= 11 is 0. The minimum absolute atomic E-state index is 0.0815. The van der Waals surface area contributed by atoms with Crippen LogP contribution < -0.4 is 4.74 Å². The molecule has 0 saturated carbocycles. The highest BCUT2D eigenvalue weighted by atomic mass is 16.5. The summed E-state index contributed by atoms with van der Waals surface area (Å²) in [6.45, 7) is 8.24. The SMILES string of the molecule is COc1cccc(CN2CCN(C(=O)Cn3nc(C)c4c(-c5ccc(C)cc5)ccnc43)CC2)c1. The fourth-order valence-corrected chi connectivity index (χ4v) is 4.78. The number of methoxy groups -OCH3 is 1. The van der Waals surface area contributed by atoms with Crippen molar-refractivity contribution < 1.29 is 9.53 Å². The third-order valence-corrected chi connectivity index (χ3v) is 6.72. The van der Waals surface area contributed by atoms with Crippen LogP contribution in [0.3, 0.4) is 0 Å². The van der Waals surface area contributed by atoms with E-state index in [1.807, 2.05) is 30.0 Å². The molecule has 2 aromatic carbocycles. The van der Waals surface area contributed by atoms with E-state index < -0.39 is 0 Å². The first-order valence-corrected chi connectivity index (χ1v) is 12.0. The van der Waals surface area contributed by atoms with Crippen molar-refractivity contribution in [2.24, 2.45) is 0 Å². The van der Waals surface area contributed by atoms with Gasteiger partial charge in [0.25, 0.3) is 0 Å². The molecule has 0 radical (unpaired) electrons. The molecule has 1 fully saturated rings. The average Bonchev–Trinajstić information content (AvgIpc) is 3.20. The number of pyridine rings is 1. The van der Waals surface area contributed by atoms with Crippen molar-refractivity contribution in [1.29, 1.82) is 0 Å². The average molecular weight is 470 g/mol. The second-order valence-corrected chi connectivity index (χ2v) is 9.17. The Hall–Kier alpha value is -3.71. The van der Waals surface area contributed by atoms with E-state index in [0.29, 0.717) is 13.1 Å². The molecule has 7 nitrogen and oxygen atoms in total. The molecule has 0 aliphatic carbocycles. The largest absolute Gasteiger partial charge is 0.497 e. The lowest BCUT2D eigenvalue weighted by atomic mass is 10.0. The zero-order valence-corrected chi connectivity index (χ0v) is 20.6. The molecule has 35 heavy (non-hydrogen) atoms. The molecule has 2 aromatic heterocycles. The van der Waals surface area contributed by atoms with Crippen molar-refractivity contribution in [3.8, 4) is 16.9 Å². The van der Waals surface area contributed by atoms with E-state index in [1.165, 1.54) is 11.1 Å². The van der Waals surface area contributed by atoms with Crippen molar-refractivity contribution >= 4 is 16.9 Å². The molecule has 180 valence electrons. The summed E-state index contributed by atoms with van der Waals surface area (Å²) < 4.78 is 7.09. The summed E-state index contributed by atoms with van der Waals surface area (Å²) in [6, 6.07) is 18.6. The number of aryl methyl sites for hydroxylation is 2. The van der Waals surface area contributed by atoms with Crippen molar-refractivity contribution in [2.75, 3.05) is 33.3 Å². The first-order chi connectivity index (χ1) is 17.0. The van der Waals surface area contributed by atoms with E-state index in [4.69, 9.17) is 9.84 Å². The van der Waals surface area contributed by atoms with Gasteiger partial charge in [-0.3, -0.25) is 9.69 Å². The predicted octanol–water partition coefficient (Wildman–Crippen LogP) is 4.07. The highest BCUT2D eigenvalue weighted by Gasteiger charge is 2.23. The summed E-state index contributed by atoms with van der Waals surface area (Å²) in [7, 11) is 1.69. The van der Waals surface area contributed by atoms with E-state index >= 15 is 0 Å². The molecule has 1 saturated heterocycles. The maximum absolute atomic E-state index is 13.2. The van der Waals surface area contributed by atoms with Crippen LogP contribution in [0.1, 0.15) is 16.8 Å². The summed E-state index contributed by atoms with van der Waals surface area (Å²) in [5, 5.41) is 5.71. The number of amides is 1. The lowest BCUT2D eigenvalue weighted by Gasteiger charge is -2.34. The van der Waals surface area contributed by atoms with Gasteiger partial charge in [-0.2, -0.15) is 5.10 Å². The molecular formula is C28H31N5O2. The Balaban J connectivity index is 1.26. The first-order valence-electron chi connectivity index (χ1n) is 12.0. The standard InChI is InChI=1S/C28H31N5O2/c1-20-7-9-23(10-8-20)25-11-12-29-28-27(25)21(2)30-33(28)19-26(34)32-15-13-31(14-16-32)18-22-5-4-6-24(17-22)35-3/h4-12,17H,13-16,18-19H2,1-3H3. The number of ether oxygens (including phenoxy) is 1. The lowest BCUT2D eigenvalue weighted by molar-refractivity contribution is -0.133. The Labute approximate surface area is 205 Å². The van der Waals surface area contributed by atoms with Gasteiger partial charge in [0.2, 0.25) is 5.91 Å². The fraction of sp³-hybridized carbons (Fsp3) is 0.321. The number of benzene rings is 2. The van der Waals surface area contributed by atoms with Gasteiger partial charge in [-0.25, -0.2) is 9.67 Å². The Bertz CT molecular complexity index is 1340. The summed E-state index contributed by atoms with van der Waals surface area (Å²) in [6.07, 6.45) is 1.80. The van der Waals surface area contributed by atoms with E-state index in [1.54, 1.807) is 18.0 Å². The Morgan fingerprint density at radius 1 is 1.00 bits per heavy atom.